The van der Waals surface area contributed by atoms with Crippen molar-refractivity contribution in [2.45, 2.75) is 27.2 Å². The molecule has 86 valence electrons. The number of ketones is 2. The molecule has 0 saturated heterocycles. The molecule has 4 heteroatoms. The van der Waals surface area contributed by atoms with E-state index < -0.39 is 11.7 Å². The molecule has 0 spiro atoms. The summed E-state index contributed by atoms with van der Waals surface area (Å²) in [6.07, 6.45) is 1.59. The second-order valence-electron chi connectivity index (χ2n) is 3.85. The number of halogens is 1. The Labute approximate surface area is 93.7 Å². The maximum Gasteiger partial charge on any atom is 0.147 e. The number of carbonyl (C=O) groups excluding carboxylic acids is 2. The van der Waals surface area contributed by atoms with E-state index in [1.807, 2.05) is 0 Å². The first-order valence-electron chi connectivity index (χ1n) is 5.04. The lowest BCUT2D eigenvalue weighted by molar-refractivity contribution is -0.130. The number of hydrogen-bond acceptors (Lipinski definition) is 3. The first-order valence-corrected chi connectivity index (χ1v) is 5.04. The summed E-state index contributed by atoms with van der Waals surface area (Å²) in [6.45, 7) is 4.24. The van der Waals surface area contributed by atoms with Crippen LogP contribution in [0.15, 0.2) is 12.3 Å². The molecule has 1 rings (SSSR count). The fraction of sp³-hybridized carbons (Fsp3) is 0.417. The molecule has 0 fully saturated rings. The third-order valence-electron chi connectivity index (χ3n) is 2.55. The minimum Gasteiger partial charge on any atom is -0.299 e. The van der Waals surface area contributed by atoms with Crippen LogP contribution < -0.4 is 0 Å². The Kier molecular flexibility index (Phi) is 3.88. The molecule has 16 heavy (non-hydrogen) atoms. The highest BCUT2D eigenvalue weighted by Crippen LogP contribution is 2.15. The summed E-state index contributed by atoms with van der Waals surface area (Å²) in [7, 11) is 0. The summed E-state index contributed by atoms with van der Waals surface area (Å²) >= 11 is 0. The van der Waals surface area contributed by atoms with Crippen molar-refractivity contribution in [3.05, 3.63) is 29.3 Å². The predicted molar refractivity (Wildman–Crippen MR) is 57.5 cm³/mol. The van der Waals surface area contributed by atoms with Crippen molar-refractivity contribution in [2.24, 2.45) is 5.92 Å². The predicted octanol–water partition coefficient (Wildman–Crippen LogP) is 1.87. The van der Waals surface area contributed by atoms with Gasteiger partial charge in [0.05, 0.1) is 11.6 Å². The number of aromatic nitrogens is 1. The van der Waals surface area contributed by atoms with Gasteiger partial charge in [-0.05, 0) is 38.8 Å². The zero-order valence-corrected chi connectivity index (χ0v) is 9.58. The molecule has 0 unspecified atom stereocenters. The van der Waals surface area contributed by atoms with Gasteiger partial charge in [0.25, 0.3) is 0 Å². The van der Waals surface area contributed by atoms with Crippen LogP contribution in [0.25, 0.3) is 0 Å². The average Bonchev–Trinajstić information content (AvgIpc) is 2.19. The van der Waals surface area contributed by atoms with Gasteiger partial charge in [-0.2, -0.15) is 0 Å². The zero-order chi connectivity index (χ0) is 12.3. The maximum absolute atomic E-state index is 13.6. The fourth-order valence-electron chi connectivity index (χ4n) is 1.55. The Bertz CT molecular complexity index is 415. The molecule has 1 heterocycles. The molecule has 0 saturated carbocycles. The van der Waals surface area contributed by atoms with Crippen molar-refractivity contribution in [3.8, 4) is 0 Å². The fourth-order valence-corrected chi connectivity index (χ4v) is 1.55. The summed E-state index contributed by atoms with van der Waals surface area (Å²) in [6, 6.07) is 1.50. The van der Waals surface area contributed by atoms with Gasteiger partial charge in [0.2, 0.25) is 0 Å². The Balaban J connectivity index is 2.98. The molecule has 0 aromatic carbocycles. The van der Waals surface area contributed by atoms with Crippen molar-refractivity contribution in [1.82, 2.24) is 4.98 Å². The summed E-state index contributed by atoms with van der Waals surface area (Å²) in [4.78, 5) is 26.2. The van der Waals surface area contributed by atoms with E-state index in [1.54, 1.807) is 6.92 Å². The molecule has 0 bridgehead atoms. The largest absolute Gasteiger partial charge is 0.299 e. The third-order valence-corrected chi connectivity index (χ3v) is 2.55. The van der Waals surface area contributed by atoms with Crippen molar-refractivity contribution in [3.63, 3.8) is 0 Å². The summed E-state index contributed by atoms with van der Waals surface area (Å²) in [5, 5.41) is 0. The lowest BCUT2D eigenvalue weighted by Crippen LogP contribution is -2.22. The highest BCUT2D eigenvalue weighted by atomic mass is 19.1. The number of nitrogens with zero attached hydrogens (tertiary/aromatic N) is 1. The molecule has 0 aliphatic carbocycles. The summed E-state index contributed by atoms with van der Waals surface area (Å²) < 4.78 is 13.6. The second-order valence-corrected chi connectivity index (χ2v) is 3.85. The minimum atomic E-state index is -0.753. The number of rotatable bonds is 4. The van der Waals surface area contributed by atoms with Crippen LogP contribution in [-0.4, -0.2) is 16.6 Å². The van der Waals surface area contributed by atoms with E-state index in [2.05, 4.69) is 4.98 Å². The standard InChI is InChI=1S/C12H14FNO2/c1-7-12(13)10(4-5-14-7)6-11(8(2)15)9(3)16/h4-5,11H,6H2,1-3H3. The Morgan fingerprint density at radius 3 is 2.44 bits per heavy atom. The van der Waals surface area contributed by atoms with Crippen molar-refractivity contribution >= 4 is 11.6 Å². The van der Waals surface area contributed by atoms with Crippen LogP contribution in [0.1, 0.15) is 25.1 Å². The molecule has 0 radical (unpaired) electrons. The van der Waals surface area contributed by atoms with Crippen LogP contribution in [0.5, 0.6) is 0 Å². The van der Waals surface area contributed by atoms with E-state index >= 15 is 0 Å². The van der Waals surface area contributed by atoms with Gasteiger partial charge in [-0.25, -0.2) is 4.39 Å². The molecule has 0 aliphatic rings. The van der Waals surface area contributed by atoms with Gasteiger partial charge in [0, 0.05) is 6.20 Å². The maximum atomic E-state index is 13.6. The van der Waals surface area contributed by atoms with E-state index in [4.69, 9.17) is 0 Å². The number of aryl methyl sites for hydroxylation is 1. The number of hydrogen-bond donors (Lipinski definition) is 0. The van der Waals surface area contributed by atoms with Gasteiger partial charge in [-0.1, -0.05) is 0 Å². The van der Waals surface area contributed by atoms with E-state index in [0.717, 1.165) is 0 Å². The molecule has 1 aromatic heterocycles. The van der Waals surface area contributed by atoms with Crippen LogP contribution >= 0.6 is 0 Å². The lowest BCUT2D eigenvalue weighted by atomic mass is 9.92. The van der Waals surface area contributed by atoms with Gasteiger partial charge in [-0.15, -0.1) is 0 Å². The van der Waals surface area contributed by atoms with E-state index in [0.29, 0.717) is 5.56 Å². The molecular formula is C12H14FNO2. The SMILES string of the molecule is CC(=O)C(Cc1ccnc(C)c1F)C(C)=O. The molecule has 0 atom stereocenters. The average molecular weight is 223 g/mol. The van der Waals surface area contributed by atoms with Crippen molar-refractivity contribution < 1.29 is 14.0 Å². The summed E-state index contributed by atoms with van der Waals surface area (Å²) in [5.74, 6) is -1.66. The van der Waals surface area contributed by atoms with E-state index in [9.17, 15) is 14.0 Å². The van der Waals surface area contributed by atoms with E-state index in [1.165, 1.54) is 26.1 Å². The molecule has 0 N–H and O–H groups in total. The Morgan fingerprint density at radius 2 is 1.94 bits per heavy atom. The normalized spacial score (nSPS) is 10.6. The summed E-state index contributed by atoms with van der Waals surface area (Å²) in [5.41, 5.74) is 0.645. The lowest BCUT2D eigenvalue weighted by Gasteiger charge is -2.11. The van der Waals surface area contributed by atoms with Gasteiger partial charge >= 0.3 is 0 Å². The van der Waals surface area contributed by atoms with Crippen LogP contribution in [0, 0.1) is 18.7 Å². The van der Waals surface area contributed by atoms with Crippen molar-refractivity contribution in [2.75, 3.05) is 0 Å². The molecule has 0 aliphatic heterocycles. The molecule has 1 aromatic rings. The monoisotopic (exact) mass is 223 g/mol. The second kappa shape index (κ2) is 4.96. The molecular weight excluding hydrogens is 209 g/mol. The Hall–Kier alpha value is -1.58. The van der Waals surface area contributed by atoms with Gasteiger partial charge in [0.1, 0.15) is 17.4 Å². The first kappa shape index (κ1) is 12.5. The van der Waals surface area contributed by atoms with Gasteiger partial charge < -0.3 is 0 Å². The number of carbonyl (C=O) groups is 2. The van der Waals surface area contributed by atoms with Crippen LogP contribution in [0.4, 0.5) is 4.39 Å². The smallest absolute Gasteiger partial charge is 0.147 e. The third kappa shape index (κ3) is 2.72. The minimum absolute atomic E-state index is 0.111. The van der Waals surface area contributed by atoms with Gasteiger partial charge in [0.15, 0.2) is 0 Å². The molecule has 3 nitrogen and oxygen atoms in total. The highest BCUT2D eigenvalue weighted by molar-refractivity contribution is 6.00. The first-order chi connectivity index (χ1) is 7.43. The van der Waals surface area contributed by atoms with Crippen LogP contribution in [0.2, 0.25) is 0 Å². The number of Topliss-reactive ketones (excluding diaryl/α,β-unsaturated/α-hetero) is 2. The quantitative estimate of drug-likeness (QED) is 0.732. The molecule has 0 amide bonds. The van der Waals surface area contributed by atoms with Gasteiger partial charge in [-0.3, -0.25) is 14.6 Å². The Morgan fingerprint density at radius 1 is 1.38 bits per heavy atom. The van der Waals surface area contributed by atoms with Crippen molar-refractivity contribution in [1.29, 1.82) is 0 Å². The topological polar surface area (TPSA) is 47.0 Å². The zero-order valence-electron chi connectivity index (χ0n) is 9.58. The van der Waals surface area contributed by atoms with Crippen LogP contribution in [0.3, 0.4) is 0 Å². The number of pyridine rings is 1. The highest BCUT2D eigenvalue weighted by Gasteiger charge is 2.21. The van der Waals surface area contributed by atoms with Crippen LogP contribution in [-0.2, 0) is 16.0 Å². The van der Waals surface area contributed by atoms with E-state index in [-0.39, 0.29) is 23.7 Å².